The highest BCUT2D eigenvalue weighted by Gasteiger charge is 2.03. The van der Waals surface area contributed by atoms with Crippen LogP contribution in [0.3, 0.4) is 0 Å². The molecule has 3 heteroatoms. The first kappa shape index (κ1) is 7.31. The van der Waals surface area contributed by atoms with Gasteiger partial charge in [0.1, 0.15) is 0 Å². The van der Waals surface area contributed by atoms with E-state index < -0.39 is 0 Å². The van der Waals surface area contributed by atoms with Gasteiger partial charge in [-0.3, -0.25) is 4.98 Å². The molecule has 60 valence electrons. The number of pyridine rings is 1. The Kier molecular flexibility index (Phi) is 1.59. The van der Waals surface area contributed by atoms with Gasteiger partial charge in [0, 0.05) is 17.1 Å². The van der Waals surface area contributed by atoms with E-state index in [2.05, 4.69) is 11.6 Å². The number of nitrogen functional groups attached to an aromatic ring is 1. The SMILES string of the molecule is C=Cc1csc2c(N)ccnc12. The van der Waals surface area contributed by atoms with Crippen LogP contribution in [0.5, 0.6) is 0 Å². The van der Waals surface area contributed by atoms with E-state index >= 15 is 0 Å². The standard InChI is InChI=1S/C9H8N2S/c1-2-6-5-12-9-7(10)3-4-11-8(6)9/h2-5H,1H2,(H2,10,11). The highest BCUT2D eigenvalue weighted by Crippen LogP contribution is 2.28. The third-order valence-electron chi connectivity index (χ3n) is 1.73. The quantitative estimate of drug-likeness (QED) is 0.725. The van der Waals surface area contributed by atoms with Gasteiger partial charge in [-0.25, -0.2) is 0 Å². The number of nitrogens with zero attached hydrogens (tertiary/aromatic N) is 1. The smallest absolute Gasteiger partial charge is 0.0902 e. The Balaban J connectivity index is 2.88. The minimum absolute atomic E-state index is 0.790. The summed E-state index contributed by atoms with van der Waals surface area (Å²) in [5, 5.41) is 2.01. The normalized spacial score (nSPS) is 10.3. The van der Waals surface area contributed by atoms with Crippen molar-refractivity contribution >= 4 is 33.3 Å². The summed E-state index contributed by atoms with van der Waals surface area (Å²) in [4.78, 5) is 4.23. The largest absolute Gasteiger partial charge is 0.397 e. The summed E-state index contributed by atoms with van der Waals surface area (Å²) in [6, 6.07) is 1.81. The van der Waals surface area contributed by atoms with Gasteiger partial charge in [0.05, 0.1) is 15.9 Å². The molecular weight excluding hydrogens is 168 g/mol. The number of fused-ring (bicyclic) bond motifs is 1. The van der Waals surface area contributed by atoms with Crippen molar-refractivity contribution in [3.63, 3.8) is 0 Å². The topological polar surface area (TPSA) is 38.9 Å². The van der Waals surface area contributed by atoms with E-state index in [0.29, 0.717) is 0 Å². The second-order valence-corrected chi connectivity index (χ2v) is 3.35. The number of aromatic nitrogens is 1. The third-order valence-corrected chi connectivity index (χ3v) is 2.77. The molecule has 0 saturated heterocycles. The fourth-order valence-electron chi connectivity index (χ4n) is 1.12. The molecule has 0 bridgehead atoms. The lowest BCUT2D eigenvalue weighted by Crippen LogP contribution is -1.85. The number of thiophene rings is 1. The Labute approximate surface area is 74.4 Å². The van der Waals surface area contributed by atoms with Gasteiger partial charge >= 0.3 is 0 Å². The fourth-order valence-corrected chi connectivity index (χ4v) is 2.05. The molecule has 0 aromatic carbocycles. The minimum Gasteiger partial charge on any atom is -0.397 e. The molecule has 2 aromatic rings. The predicted molar refractivity (Wildman–Crippen MR) is 54.1 cm³/mol. The van der Waals surface area contributed by atoms with Crippen LogP contribution in [0, 0.1) is 0 Å². The Hall–Kier alpha value is -1.35. The highest BCUT2D eigenvalue weighted by molar-refractivity contribution is 7.18. The maximum absolute atomic E-state index is 5.76. The molecule has 0 aliphatic rings. The molecule has 2 heterocycles. The molecule has 0 amide bonds. The van der Waals surface area contributed by atoms with E-state index in [0.717, 1.165) is 21.5 Å². The summed E-state index contributed by atoms with van der Waals surface area (Å²) in [6.07, 6.45) is 3.52. The molecular formula is C9H8N2S. The first-order valence-electron chi connectivity index (χ1n) is 3.57. The molecule has 0 unspecified atom stereocenters. The lowest BCUT2D eigenvalue weighted by molar-refractivity contribution is 1.42. The summed E-state index contributed by atoms with van der Waals surface area (Å²) < 4.78 is 1.05. The van der Waals surface area contributed by atoms with Crippen LogP contribution in [0.25, 0.3) is 16.3 Å². The van der Waals surface area contributed by atoms with Gasteiger partial charge in [-0.05, 0) is 6.07 Å². The van der Waals surface area contributed by atoms with Crippen molar-refractivity contribution in [2.45, 2.75) is 0 Å². The van der Waals surface area contributed by atoms with Crippen LogP contribution >= 0.6 is 11.3 Å². The van der Waals surface area contributed by atoms with E-state index in [1.54, 1.807) is 23.6 Å². The molecule has 12 heavy (non-hydrogen) atoms. The maximum atomic E-state index is 5.76. The number of anilines is 1. The van der Waals surface area contributed by atoms with Crippen LogP contribution in [0.2, 0.25) is 0 Å². The second-order valence-electron chi connectivity index (χ2n) is 2.47. The summed E-state index contributed by atoms with van der Waals surface area (Å²) in [5.41, 5.74) is 8.56. The van der Waals surface area contributed by atoms with Crippen LogP contribution < -0.4 is 5.73 Å². The molecule has 0 atom stereocenters. The van der Waals surface area contributed by atoms with Gasteiger partial charge in [0.15, 0.2) is 0 Å². The molecule has 0 spiro atoms. The molecule has 0 fully saturated rings. The van der Waals surface area contributed by atoms with Crippen molar-refractivity contribution in [1.82, 2.24) is 4.98 Å². The summed E-state index contributed by atoms with van der Waals surface area (Å²) in [5.74, 6) is 0. The van der Waals surface area contributed by atoms with Crippen molar-refractivity contribution in [2.75, 3.05) is 5.73 Å². The Morgan fingerprint density at radius 3 is 3.17 bits per heavy atom. The zero-order chi connectivity index (χ0) is 8.55. The molecule has 2 nitrogen and oxygen atoms in total. The Bertz CT molecular complexity index is 431. The van der Waals surface area contributed by atoms with Gasteiger partial charge in [-0.2, -0.15) is 0 Å². The van der Waals surface area contributed by atoms with E-state index in [9.17, 15) is 0 Å². The highest BCUT2D eigenvalue weighted by atomic mass is 32.1. The molecule has 2 rings (SSSR count). The van der Waals surface area contributed by atoms with Crippen molar-refractivity contribution in [1.29, 1.82) is 0 Å². The van der Waals surface area contributed by atoms with Gasteiger partial charge in [-0.1, -0.05) is 12.7 Å². The summed E-state index contributed by atoms with van der Waals surface area (Å²) >= 11 is 1.61. The zero-order valence-electron chi connectivity index (χ0n) is 6.45. The average molecular weight is 176 g/mol. The number of rotatable bonds is 1. The predicted octanol–water partition coefficient (Wildman–Crippen LogP) is 2.52. The second kappa shape index (κ2) is 2.60. The first-order chi connectivity index (χ1) is 5.83. The van der Waals surface area contributed by atoms with Crippen molar-refractivity contribution in [3.8, 4) is 0 Å². The molecule has 0 radical (unpaired) electrons. The van der Waals surface area contributed by atoms with Gasteiger partial charge in [0.25, 0.3) is 0 Å². The molecule has 2 aromatic heterocycles. The number of nitrogens with two attached hydrogens (primary N) is 1. The van der Waals surface area contributed by atoms with Crippen molar-refractivity contribution < 1.29 is 0 Å². The summed E-state index contributed by atoms with van der Waals surface area (Å²) in [6.45, 7) is 3.71. The van der Waals surface area contributed by atoms with E-state index in [1.807, 2.05) is 11.4 Å². The third kappa shape index (κ3) is 0.905. The van der Waals surface area contributed by atoms with Gasteiger partial charge in [0.2, 0.25) is 0 Å². The van der Waals surface area contributed by atoms with Crippen molar-refractivity contribution in [2.24, 2.45) is 0 Å². The summed E-state index contributed by atoms with van der Waals surface area (Å²) in [7, 11) is 0. The van der Waals surface area contributed by atoms with Crippen LogP contribution in [-0.2, 0) is 0 Å². The monoisotopic (exact) mass is 176 g/mol. The van der Waals surface area contributed by atoms with Crippen LogP contribution in [0.1, 0.15) is 5.56 Å². The molecule has 2 N–H and O–H groups in total. The first-order valence-corrected chi connectivity index (χ1v) is 4.45. The average Bonchev–Trinajstić information content (AvgIpc) is 2.49. The minimum atomic E-state index is 0.790. The Morgan fingerprint density at radius 2 is 2.42 bits per heavy atom. The molecule has 0 aliphatic carbocycles. The van der Waals surface area contributed by atoms with Gasteiger partial charge < -0.3 is 5.73 Å². The van der Waals surface area contributed by atoms with Crippen LogP contribution in [0.4, 0.5) is 5.69 Å². The van der Waals surface area contributed by atoms with E-state index in [-0.39, 0.29) is 0 Å². The van der Waals surface area contributed by atoms with Gasteiger partial charge in [-0.15, -0.1) is 11.3 Å². The maximum Gasteiger partial charge on any atom is 0.0902 e. The van der Waals surface area contributed by atoms with Crippen molar-refractivity contribution in [3.05, 3.63) is 29.8 Å². The zero-order valence-corrected chi connectivity index (χ0v) is 7.27. The number of hydrogen-bond donors (Lipinski definition) is 1. The fraction of sp³-hybridized carbons (Fsp3) is 0. The lowest BCUT2D eigenvalue weighted by Gasteiger charge is -1.93. The number of hydrogen-bond acceptors (Lipinski definition) is 3. The van der Waals surface area contributed by atoms with E-state index in [4.69, 9.17) is 5.73 Å². The van der Waals surface area contributed by atoms with E-state index in [1.165, 1.54) is 0 Å². The van der Waals surface area contributed by atoms with Crippen LogP contribution in [0.15, 0.2) is 24.2 Å². The molecule has 0 aliphatic heterocycles. The Morgan fingerprint density at radius 1 is 1.58 bits per heavy atom. The molecule has 0 saturated carbocycles. The van der Waals surface area contributed by atoms with Crippen LogP contribution in [-0.4, -0.2) is 4.98 Å². The lowest BCUT2D eigenvalue weighted by atomic mass is 10.2.